The second kappa shape index (κ2) is 4.68. The van der Waals surface area contributed by atoms with Gasteiger partial charge in [0, 0.05) is 12.7 Å². The minimum absolute atomic E-state index is 0.0931. The van der Waals surface area contributed by atoms with Crippen LogP contribution in [-0.2, 0) is 4.74 Å². The van der Waals surface area contributed by atoms with E-state index in [9.17, 15) is 4.79 Å². The summed E-state index contributed by atoms with van der Waals surface area (Å²) in [5.41, 5.74) is 0.169. The van der Waals surface area contributed by atoms with Gasteiger partial charge >= 0.3 is 0 Å². The fourth-order valence-corrected chi connectivity index (χ4v) is 2.04. The van der Waals surface area contributed by atoms with Gasteiger partial charge in [-0.3, -0.25) is 4.79 Å². The van der Waals surface area contributed by atoms with E-state index in [2.05, 4.69) is 0 Å². The molecule has 2 heteroatoms. The van der Waals surface area contributed by atoms with Crippen LogP contribution >= 0.6 is 0 Å². The highest BCUT2D eigenvalue weighted by molar-refractivity contribution is 6.00. The van der Waals surface area contributed by atoms with Gasteiger partial charge in [0.25, 0.3) is 0 Å². The SMILES string of the molecule is COC1(C)C=CC=CC1C(=O)c1ccccc1. The van der Waals surface area contributed by atoms with Gasteiger partial charge in [-0.15, -0.1) is 0 Å². The quantitative estimate of drug-likeness (QED) is 0.743. The molecule has 0 aromatic heterocycles. The fourth-order valence-electron chi connectivity index (χ4n) is 2.04. The predicted molar refractivity (Wildman–Crippen MR) is 68.0 cm³/mol. The van der Waals surface area contributed by atoms with E-state index >= 15 is 0 Å². The summed E-state index contributed by atoms with van der Waals surface area (Å²) in [4.78, 5) is 12.4. The molecule has 1 aliphatic rings. The number of allylic oxidation sites excluding steroid dienone is 2. The van der Waals surface area contributed by atoms with E-state index in [1.54, 1.807) is 7.11 Å². The smallest absolute Gasteiger partial charge is 0.172 e. The summed E-state index contributed by atoms with van der Waals surface area (Å²) in [6.45, 7) is 1.93. The van der Waals surface area contributed by atoms with Gasteiger partial charge < -0.3 is 4.74 Å². The zero-order valence-electron chi connectivity index (χ0n) is 10.1. The third-order valence-electron chi connectivity index (χ3n) is 3.24. The van der Waals surface area contributed by atoms with Gasteiger partial charge in [-0.25, -0.2) is 0 Å². The number of carbonyl (C=O) groups excluding carboxylic acids is 1. The molecule has 2 nitrogen and oxygen atoms in total. The summed E-state index contributed by atoms with van der Waals surface area (Å²) in [7, 11) is 1.63. The van der Waals surface area contributed by atoms with Gasteiger partial charge in [-0.05, 0) is 6.92 Å². The number of Topliss-reactive ketones (excluding diaryl/α,β-unsaturated/α-hetero) is 1. The average molecular weight is 228 g/mol. The van der Waals surface area contributed by atoms with Gasteiger partial charge in [0.1, 0.15) is 0 Å². The van der Waals surface area contributed by atoms with Crippen LogP contribution in [0.1, 0.15) is 17.3 Å². The second-order valence-corrected chi connectivity index (χ2v) is 4.34. The maximum atomic E-state index is 12.4. The van der Waals surface area contributed by atoms with Crippen LogP contribution < -0.4 is 0 Å². The molecule has 0 saturated carbocycles. The molecule has 0 amide bonds. The number of methoxy groups -OCH3 is 1. The van der Waals surface area contributed by atoms with E-state index in [0.29, 0.717) is 0 Å². The van der Waals surface area contributed by atoms with Gasteiger partial charge in [-0.1, -0.05) is 54.6 Å². The van der Waals surface area contributed by atoms with Crippen LogP contribution in [0.15, 0.2) is 54.6 Å². The molecular formula is C15H16O2. The Labute approximate surface area is 102 Å². The third kappa shape index (κ3) is 2.22. The summed E-state index contributed by atoms with van der Waals surface area (Å²) in [6, 6.07) is 9.33. The molecule has 2 rings (SSSR count). The summed E-state index contributed by atoms with van der Waals surface area (Å²) < 4.78 is 5.47. The molecule has 0 heterocycles. The first-order chi connectivity index (χ1) is 8.17. The van der Waals surface area contributed by atoms with Crippen molar-refractivity contribution in [2.45, 2.75) is 12.5 Å². The Balaban J connectivity index is 2.31. The lowest BCUT2D eigenvalue weighted by Crippen LogP contribution is -2.39. The zero-order chi connectivity index (χ0) is 12.3. The monoisotopic (exact) mass is 228 g/mol. The van der Waals surface area contributed by atoms with Crippen LogP contribution in [0, 0.1) is 5.92 Å². The number of ether oxygens (including phenoxy) is 1. The van der Waals surface area contributed by atoms with E-state index in [4.69, 9.17) is 4.74 Å². The topological polar surface area (TPSA) is 26.3 Å². The molecule has 0 spiro atoms. The first-order valence-corrected chi connectivity index (χ1v) is 5.68. The highest BCUT2D eigenvalue weighted by Gasteiger charge is 2.36. The number of ketones is 1. The average Bonchev–Trinajstić information content (AvgIpc) is 2.39. The third-order valence-corrected chi connectivity index (χ3v) is 3.24. The van der Waals surface area contributed by atoms with Crippen molar-refractivity contribution in [3.05, 3.63) is 60.2 Å². The van der Waals surface area contributed by atoms with Gasteiger partial charge in [-0.2, -0.15) is 0 Å². The molecule has 1 aromatic carbocycles. The maximum Gasteiger partial charge on any atom is 0.172 e. The van der Waals surface area contributed by atoms with Crippen LogP contribution in [0.25, 0.3) is 0 Å². The number of hydrogen-bond donors (Lipinski definition) is 0. The normalized spacial score (nSPS) is 27.1. The minimum Gasteiger partial charge on any atom is -0.373 e. The highest BCUT2D eigenvalue weighted by Crippen LogP contribution is 2.30. The van der Waals surface area contributed by atoms with Gasteiger partial charge in [0.05, 0.1) is 11.5 Å². The number of rotatable bonds is 3. The molecule has 88 valence electrons. The Bertz CT molecular complexity index is 459. The van der Waals surface area contributed by atoms with Crippen molar-refractivity contribution < 1.29 is 9.53 Å². The Morgan fingerprint density at radius 3 is 2.59 bits per heavy atom. The minimum atomic E-state index is -0.554. The number of benzene rings is 1. The van der Waals surface area contributed by atoms with Crippen molar-refractivity contribution >= 4 is 5.78 Å². The highest BCUT2D eigenvalue weighted by atomic mass is 16.5. The van der Waals surface area contributed by atoms with Crippen LogP contribution in [-0.4, -0.2) is 18.5 Å². The molecule has 2 atom stereocenters. The van der Waals surface area contributed by atoms with Crippen LogP contribution in [0.5, 0.6) is 0 Å². The van der Waals surface area contributed by atoms with Crippen molar-refractivity contribution in [1.82, 2.24) is 0 Å². The number of carbonyl (C=O) groups is 1. The Hall–Kier alpha value is -1.67. The lowest BCUT2D eigenvalue weighted by molar-refractivity contribution is 0.0149. The summed E-state index contributed by atoms with van der Waals surface area (Å²) in [6.07, 6.45) is 7.64. The van der Waals surface area contributed by atoms with Crippen molar-refractivity contribution in [2.75, 3.05) is 7.11 Å². The van der Waals surface area contributed by atoms with Crippen LogP contribution in [0.3, 0.4) is 0 Å². The summed E-state index contributed by atoms with van der Waals surface area (Å²) in [5.74, 6) is -0.171. The van der Waals surface area contributed by atoms with E-state index in [0.717, 1.165) is 5.56 Å². The first-order valence-electron chi connectivity index (χ1n) is 5.68. The largest absolute Gasteiger partial charge is 0.373 e. The van der Waals surface area contributed by atoms with Crippen molar-refractivity contribution in [2.24, 2.45) is 5.92 Å². The van der Waals surface area contributed by atoms with E-state index in [1.165, 1.54) is 0 Å². The standard InChI is InChI=1S/C15H16O2/c1-15(17-2)11-7-6-10-13(15)14(16)12-8-4-3-5-9-12/h3-11,13H,1-2H3. The maximum absolute atomic E-state index is 12.4. The molecular weight excluding hydrogens is 212 g/mol. The summed E-state index contributed by atoms with van der Waals surface area (Å²) >= 11 is 0. The molecule has 0 bridgehead atoms. The lowest BCUT2D eigenvalue weighted by atomic mass is 9.80. The van der Waals surface area contributed by atoms with Crippen molar-refractivity contribution in [1.29, 1.82) is 0 Å². The Kier molecular flexibility index (Phi) is 3.25. The molecule has 0 fully saturated rings. The fraction of sp³-hybridized carbons (Fsp3) is 0.267. The van der Waals surface area contributed by atoms with Crippen molar-refractivity contribution in [3.8, 4) is 0 Å². The lowest BCUT2D eigenvalue weighted by Gasteiger charge is -2.32. The Morgan fingerprint density at radius 2 is 1.94 bits per heavy atom. The van der Waals surface area contributed by atoms with Crippen LogP contribution in [0.4, 0.5) is 0 Å². The van der Waals surface area contributed by atoms with Crippen LogP contribution in [0.2, 0.25) is 0 Å². The van der Waals surface area contributed by atoms with Gasteiger partial charge in [0.2, 0.25) is 0 Å². The second-order valence-electron chi connectivity index (χ2n) is 4.34. The van der Waals surface area contributed by atoms with E-state index < -0.39 is 5.60 Å². The Morgan fingerprint density at radius 1 is 1.24 bits per heavy atom. The molecule has 2 unspecified atom stereocenters. The molecule has 0 radical (unpaired) electrons. The first kappa shape index (κ1) is 11.8. The van der Waals surface area contributed by atoms with E-state index in [1.807, 2.05) is 61.6 Å². The molecule has 17 heavy (non-hydrogen) atoms. The zero-order valence-corrected chi connectivity index (χ0v) is 10.1. The summed E-state index contributed by atoms with van der Waals surface area (Å²) in [5, 5.41) is 0. The molecule has 1 aliphatic carbocycles. The predicted octanol–water partition coefficient (Wildman–Crippen LogP) is 3.02. The molecule has 0 aliphatic heterocycles. The van der Waals surface area contributed by atoms with Crippen molar-refractivity contribution in [3.63, 3.8) is 0 Å². The molecule has 1 aromatic rings. The van der Waals surface area contributed by atoms with Gasteiger partial charge in [0.15, 0.2) is 5.78 Å². The molecule has 0 saturated heterocycles. The molecule has 0 N–H and O–H groups in total. The number of hydrogen-bond acceptors (Lipinski definition) is 2. The van der Waals surface area contributed by atoms with E-state index in [-0.39, 0.29) is 11.7 Å².